The van der Waals surface area contributed by atoms with Gasteiger partial charge in [-0.05, 0) is 17.2 Å². The highest BCUT2D eigenvalue weighted by molar-refractivity contribution is 6.35. The highest BCUT2D eigenvalue weighted by Gasteiger charge is 2.16. The number of nitrogens with zero attached hydrogens (tertiary/aromatic N) is 1. The van der Waals surface area contributed by atoms with E-state index < -0.39 is 0 Å². The summed E-state index contributed by atoms with van der Waals surface area (Å²) in [5, 5.41) is 9.82. The van der Waals surface area contributed by atoms with Crippen LogP contribution in [0.5, 0.6) is 0 Å². The second-order valence-corrected chi connectivity index (χ2v) is 5.30. The molecule has 3 aromatic rings. The van der Waals surface area contributed by atoms with Crippen LogP contribution in [-0.4, -0.2) is 0 Å². The lowest BCUT2D eigenvalue weighted by Crippen LogP contribution is -1.97. The molecule has 22 heavy (non-hydrogen) atoms. The van der Waals surface area contributed by atoms with Crippen molar-refractivity contribution in [2.24, 2.45) is 0 Å². The minimum Gasteiger partial charge on any atom is -0.397 e. The molecule has 0 aliphatic carbocycles. The van der Waals surface area contributed by atoms with Crippen LogP contribution in [0.4, 0.5) is 5.69 Å². The first-order valence-corrected chi connectivity index (χ1v) is 7.23. The molecular weight excluding hydrogens is 292 g/mol. The van der Waals surface area contributed by atoms with E-state index in [4.69, 9.17) is 17.3 Å². The maximum atomic E-state index is 9.43. The molecule has 0 atom stereocenters. The fraction of sp³-hybridized carbons (Fsp3) is 0. The summed E-state index contributed by atoms with van der Waals surface area (Å²) in [5.74, 6) is 0. The number of benzene rings is 3. The van der Waals surface area contributed by atoms with E-state index in [1.165, 1.54) is 0 Å². The number of nitrogen functional groups attached to an aromatic ring is 1. The lowest BCUT2D eigenvalue weighted by Gasteiger charge is -2.14. The molecule has 0 fully saturated rings. The molecule has 3 aromatic carbocycles. The van der Waals surface area contributed by atoms with Crippen molar-refractivity contribution in [3.63, 3.8) is 0 Å². The molecule has 3 rings (SSSR count). The second kappa shape index (κ2) is 5.93. The molecule has 106 valence electrons. The first-order chi connectivity index (χ1) is 10.7. The fourth-order valence-electron chi connectivity index (χ4n) is 2.47. The summed E-state index contributed by atoms with van der Waals surface area (Å²) < 4.78 is 0. The van der Waals surface area contributed by atoms with Crippen LogP contribution in [0.1, 0.15) is 5.56 Å². The maximum absolute atomic E-state index is 9.43. The summed E-state index contributed by atoms with van der Waals surface area (Å²) in [6.45, 7) is 0. The van der Waals surface area contributed by atoms with E-state index in [1.807, 2.05) is 66.7 Å². The molecule has 0 heterocycles. The van der Waals surface area contributed by atoms with Gasteiger partial charge in [-0.1, -0.05) is 72.3 Å². The van der Waals surface area contributed by atoms with E-state index in [0.717, 1.165) is 22.3 Å². The van der Waals surface area contributed by atoms with Crippen molar-refractivity contribution in [1.29, 1.82) is 5.26 Å². The maximum Gasteiger partial charge on any atom is 0.103 e. The first kappa shape index (κ1) is 14.2. The lowest BCUT2D eigenvalue weighted by atomic mass is 9.94. The highest BCUT2D eigenvalue weighted by atomic mass is 35.5. The number of rotatable bonds is 2. The van der Waals surface area contributed by atoms with Gasteiger partial charge in [-0.15, -0.1) is 0 Å². The molecule has 2 nitrogen and oxygen atoms in total. The molecule has 0 aromatic heterocycles. The van der Waals surface area contributed by atoms with Crippen LogP contribution in [0.25, 0.3) is 22.3 Å². The number of hydrogen-bond acceptors (Lipinski definition) is 2. The molecule has 0 radical (unpaired) electrons. The number of nitriles is 1. The summed E-state index contributed by atoms with van der Waals surface area (Å²) in [7, 11) is 0. The van der Waals surface area contributed by atoms with Crippen LogP contribution < -0.4 is 5.73 Å². The van der Waals surface area contributed by atoms with Crippen molar-refractivity contribution in [2.45, 2.75) is 0 Å². The van der Waals surface area contributed by atoms with E-state index >= 15 is 0 Å². The molecule has 0 unspecified atom stereocenters. The average molecular weight is 305 g/mol. The van der Waals surface area contributed by atoms with Crippen molar-refractivity contribution in [1.82, 2.24) is 0 Å². The highest BCUT2D eigenvalue weighted by Crippen LogP contribution is 2.40. The first-order valence-electron chi connectivity index (χ1n) is 6.85. The Balaban J connectivity index is 2.31. The molecule has 0 aliphatic rings. The topological polar surface area (TPSA) is 49.8 Å². The number of anilines is 1. The van der Waals surface area contributed by atoms with E-state index in [0.29, 0.717) is 16.3 Å². The van der Waals surface area contributed by atoms with Gasteiger partial charge < -0.3 is 5.73 Å². The van der Waals surface area contributed by atoms with Gasteiger partial charge in [-0.3, -0.25) is 0 Å². The molecule has 0 saturated carbocycles. The molecule has 2 N–H and O–H groups in total. The van der Waals surface area contributed by atoms with Gasteiger partial charge in [0, 0.05) is 11.1 Å². The van der Waals surface area contributed by atoms with Gasteiger partial charge in [0.15, 0.2) is 0 Å². The van der Waals surface area contributed by atoms with E-state index in [-0.39, 0.29) is 0 Å². The van der Waals surface area contributed by atoms with E-state index in [1.54, 1.807) is 0 Å². The standard InChI is InChI=1S/C19H13ClN2/c20-18-15(13-7-3-1-4-8-13)11-16(19(22)17(18)12-21)14-9-5-2-6-10-14/h1-11H,22H2. The smallest absolute Gasteiger partial charge is 0.103 e. The third-order valence-corrected chi connectivity index (χ3v) is 3.98. The summed E-state index contributed by atoms with van der Waals surface area (Å²) >= 11 is 6.41. The van der Waals surface area contributed by atoms with Crippen molar-refractivity contribution in [3.8, 4) is 28.3 Å². The van der Waals surface area contributed by atoms with Gasteiger partial charge >= 0.3 is 0 Å². The zero-order valence-electron chi connectivity index (χ0n) is 11.8. The predicted octanol–water partition coefficient (Wildman–Crippen LogP) is 5.13. The molecule has 0 saturated heterocycles. The van der Waals surface area contributed by atoms with Gasteiger partial charge in [0.1, 0.15) is 6.07 Å². The average Bonchev–Trinajstić information content (AvgIpc) is 2.57. The van der Waals surface area contributed by atoms with Gasteiger partial charge in [-0.25, -0.2) is 0 Å². The third-order valence-electron chi connectivity index (χ3n) is 3.59. The Bertz CT molecular complexity index is 786. The minimum atomic E-state index is 0.321. The Labute approximate surface area is 134 Å². The fourth-order valence-corrected chi connectivity index (χ4v) is 2.77. The van der Waals surface area contributed by atoms with Gasteiger partial charge in [-0.2, -0.15) is 5.26 Å². The van der Waals surface area contributed by atoms with Crippen LogP contribution in [0.15, 0.2) is 66.7 Å². The van der Waals surface area contributed by atoms with Gasteiger partial charge in [0.2, 0.25) is 0 Å². The van der Waals surface area contributed by atoms with Gasteiger partial charge in [0.05, 0.1) is 16.3 Å². The van der Waals surface area contributed by atoms with Crippen molar-refractivity contribution in [3.05, 3.63) is 77.3 Å². The third kappa shape index (κ3) is 2.43. The molecule has 0 spiro atoms. The largest absolute Gasteiger partial charge is 0.397 e. The van der Waals surface area contributed by atoms with Crippen LogP contribution in [0.2, 0.25) is 5.02 Å². The van der Waals surface area contributed by atoms with E-state index in [9.17, 15) is 5.26 Å². The van der Waals surface area contributed by atoms with Crippen molar-refractivity contribution in [2.75, 3.05) is 5.73 Å². The van der Waals surface area contributed by atoms with Crippen LogP contribution >= 0.6 is 11.6 Å². The molecule has 0 bridgehead atoms. The monoisotopic (exact) mass is 304 g/mol. The van der Waals surface area contributed by atoms with E-state index in [2.05, 4.69) is 6.07 Å². The van der Waals surface area contributed by atoms with Gasteiger partial charge in [0.25, 0.3) is 0 Å². The Morgan fingerprint density at radius 2 is 1.32 bits per heavy atom. The second-order valence-electron chi connectivity index (χ2n) is 4.92. The molecule has 0 aliphatic heterocycles. The number of nitrogens with two attached hydrogens (primary N) is 1. The van der Waals surface area contributed by atoms with Crippen LogP contribution in [0.3, 0.4) is 0 Å². The normalized spacial score (nSPS) is 10.2. The quantitative estimate of drug-likeness (QED) is 0.667. The summed E-state index contributed by atoms with van der Waals surface area (Å²) in [6.07, 6.45) is 0. The molecule has 0 amide bonds. The minimum absolute atomic E-state index is 0.321. The van der Waals surface area contributed by atoms with Crippen LogP contribution in [0, 0.1) is 11.3 Å². The Morgan fingerprint density at radius 1 is 0.818 bits per heavy atom. The van der Waals surface area contributed by atoms with Crippen molar-refractivity contribution < 1.29 is 0 Å². The number of halogens is 1. The number of hydrogen-bond donors (Lipinski definition) is 1. The Hall–Kier alpha value is -2.76. The zero-order valence-corrected chi connectivity index (χ0v) is 12.5. The van der Waals surface area contributed by atoms with Crippen molar-refractivity contribution >= 4 is 17.3 Å². The SMILES string of the molecule is N#Cc1c(N)c(-c2ccccc2)cc(-c2ccccc2)c1Cl. The summed E-state index contributed by atoms with van der Waals surface area (Å²) in [4.78, 5) is 0. The van der Waals surface area contributed by atoms with Crippen LogP contribution in [-0.2, 0) is 0 Å². The summed E-state index contributed by atoms with van der Waals surface area (Å²) in [6, 6.07) is 23.6. The summed E-state index contributed by atoms with van der Waals surface area (Å²) in [5.41, 5.74) is 10.5. The molecular formula is C19H13ClN2. The Morgan fingerprint density at radius 3 is 1.82 bits per heavy atom. The Kier molecular flexibility index (Phi) is 3.82. The lowest BCUT2D eigenvalue weighted by molar-refractivity contribution is 1.47. The zero-order chi connectivity index (χ0) is 15.5. The predicted molar refractivity (Wildman–Crippen MR) is 91.5 cm³/mol. The molecule has 3 heteroatoms.